The second-order valence-corrected chi connectivity index (χ2v) is 7.04. The van der Waals surface area contributed by atoms with Crippen molar-refractivity contribution in [1.82, 2.24) is 19.7 Å². The van der Waals surface area contributed by atoms with E-state index in [9.17, 15) is 4.79 Å². The summed E-state index contributed by atoms with van der Waals surface area (Å²) in [4.78, 5) is 19.0. The van der Waals surface area contributed by atoms with Crippen molar-refractivity contribution < 1.29 is 4.79 Å². The highest BCUT2D eigenvalue weighted by atomic mass is 16.2. The van der Waals surface area contributed by atoms with Crippen LogP contribution in [0.4, 0.5) is 0 Å². The molecule has 2 aromatic rings. The van der Waals surface area contributed by atoms with Gasteiger partial charge in [-0.25, -0.2) is 0 Å². The molecule has 0 bridgehead atoms. The van der Waals surface area contributed by atoms with E-state index in [1.54, 1.807) is 9.58 Å². The van der Waals surface area contributed by atoms with Crippen LogP contribution in [0.1, 0.15) is 48.2 Å². The highest BCUT2D eigenvalue weighted by Crippen LogP contribution is 2.14. The first kappa shape index (κ1) is 18.2. The third-order valence-corrected chi connectivity index (χ3v) is 4.23. The molecule has 0 radical (unpaired) electrons. The van der Waals surface area contributed by atoms with Gasteiger partial charge in [-0.2, -0.15) is 5.10 Å². The predicted octanol–water partition coefficient (Wildman–Crippen LogP) is 3.03. The summed E-state index contributed by atoms with van der Waals surface area (Å²) in [6.07, 6.45) is 3.44. The summed E-state index contributed by atoms with van der Waals surface area (Å²) < 4.78 is 1.69. The zero-order valence-corrected chi connectivity index (χ0v) is 15.6. The predicted molar refractivity (Wildman–Crippen MR) is 96.0 cm³/mol. The van der Waals surface area contributed by atoms with Crippen LogP contribution in [0.5, 0.6) is 0 Å². The van der Waals surface area contributed by atoms with Crippen LogP contribution in [-0.2, 0) is 19.9 Å². The third kappa shape index (κ3) is 4.43. The number of nitrogens with zero attached hydrogens (tertiary/aromatic N) is 4. The Kier molecular flexibility index (Phi) is 5.75. The summed E-state index contributed by atoms with van der Waals surface area (Å²) in [7, 11) is 3.68. The number of carbonyl (C=O) groups is 1. The van der Waals surface area contributed by atoms with Crippen LogP contribution in [0.2, 0.25) is 0 Å². The van der Waals surface area contributed by atoms with Gasteiger partial charge in [-0.15, -0.1) is 0 Å². The van der Waals surface area contributed by atoms with Gasteiger partial charge in [0.15, 0.2) is 0 Å². The Morgan fingerprint density at radius 1 is 1.21 bits per heavy atom. The van der Waals surface area contributed by atoms with E-state index in [2.05, 4.69) is 36.9 Å². The Morgan fingerprint density at radius 2 is 1.92 bits per heavy atom. The van der Waals surface area contributed by atoms with Gasteiger partial charge in [0.2, 0.25) is 0 Å². The molecule has 0 spiro atoms. The van der Waals surface area contributed by atoms with Crippen LogP contribution in [0.15, 0.2) is 24.4 Å². The summed E-state index contributed by atoms with van der Waals surface area (Å²) >= 11 is 0. The van der Waals surface area contributed by atoms with Crippen molar-refractivity contribution in [2.45, 2.75) is 46.6 Å². The number of amides is 1. The molecule has 2 heterocycles. The number of likely N-dealkylation sites (N-methyl/N-ethyl adjacent to an activating group) is 1. The summed E-state index contributed by atoms with van der Waals surface area (Å²) in [5, 5.41) is 4.47. The Hall–Kier alpha value is -2.17. The summed E-state index contributed by atoms with van der Waals surface area (Å²) in [6, 6.07) is 6.03. The minimum absolute atomic E-state index is 0.000147. The molecule has 1 atom stereocenters. The van der Waals surface area contributed by atoms with Crippen molar-refractivity contribution in [3.63, 3.8) is 0 Å². The van der Waals surface area contributed by atoms with Crippen LogP contribution in [0.25, 0.3) is 0 Å². The van der Waals surface area contributed by atoms with E-state index in [0.29, 0.717) is 11.6 Å². The van der Waals surface area contributed by atoms with Gasteiger partial charge < -0.3 is 4.90 Å². The quantitative estimate of drug-likeness (QED) is 0.819. The molecule has 0 fully saturated rings. The SMILES string of the molecule is Cc1ccnc(CC(C)N(C)C(=O)c2cc(CC(C)C)nn2C)c1. The number of pyridine rings is 1. The maximum absolute atomic E-state index is 12.8. The minimum Gasteiger partial charge on any atom is -0.337 e. The highest BCUT2D eigenvalue weighted by Gasteiger charge is 2.22. The molecular weight excluding hydrogens is 300 g/mol. The second-order valence-electron chi connectivity index (χ2n) is 7.04. The van der Waals surface area contributed by atoms with E-state index < -0.39 is 0 Å². The van der Waals surface area contributed by atoms with Gasteiger partial charge in [0.25, 0.3) is 5.91 Å². The lowest BCUT2D eigenvalue weighted by Crippen LogP contribution is -2.37. The molecule has 0 aliphatic rings. The van der Waals surface area contributed by atoms with Crippen LogP contribution < -0.4 is 0 Å². The largest absolute Gasteiger partial charge is 0.337 e. The fraction of sp³-hybridized carbons (Fsp3) is 0.526. The van der Waals surface area contributed by atoms with E-state index in [1.165, 1.54) is 5.56 Å². The minimum atomic E-state index is 0.000147. The molecule has 0 aliphatic carbocycles. The molecule has 0 saturated carbocycles. The number of aromatic nitrogens is 3. The number of hydrogen-bond acceptors (Lipinski definition) is 3. The van der Waals surface area contributed by atoms with Crippen LogP contribution >= 0.6 is 0 Å². The second kappa shape index (κ2) is 7.60. The molecule has 1 amide bonds. The van der Waals surface area contributed by atoms with E-state index in [4.69, 9.17) is 0 Å². The molecule has 1 unspecified atom stereocenters. The van der Waals surface area contributed by atoms with Crippen LogP contribution in [-0.4, -0.2) is 38.7 Å². The molecule has 130 valence electrons. The van der Waals surface area contributed by atoms with Crippen molar-refractivity contribution in [2.75, 3.05) is 7.05 Å². The number of hydrogen-bond donors (Lipinski definition) is 0. The Balaban J connectivity index is 2.09. The van der Waals surface area contributed by atoms with Gasteiger partial charge in [-0.1, -0.05) is 13.8 Å². The maximum Gasteiger partial charge on any atom is 0.272 e. The smallest absolute Gasteiger partial charge is 0.272 e. The molecular formula is C19H28N4O. The Bertz CT molecular complexity index is 705. The van der Waals surface area contributed by atoms with Gasteiger partial charge in [-0.05, 0) is 49.9 Å². The first-order valence-corrected chi connectivity index (χ1v) is 8.49. The van der Waals surface area contributed by atoms with Gasteiger partial charge >= 0.3 is 0 Å². The average molecular weight is 328 g/mol. The van der Waals surface area contributed by atoms with Crippen molar-refractivity contribution in [3.8, 4) is 0 Å². The van der Waals surface area contributed by atoms with Gasteiger partial charge in [0, 0.05) is 38.4 Å². The van der Waals surface area contributed by atoms with Crippen molar-refractivity contribution in [2.24, 2.45) is 13.0 Å². The lowest BCUT2D eigenvalue weighted by atomic mass is 10.1. The molecule has 24 heavy (non-hydrogen) atoms. The van der Waals surface area contributed by atoms with Crippen molar-refractivity contribution in [3.05, 3.63) is 47.0 Å². The molecule has 0 N–H and O–H groups in total. The highest BCUT2D eigenvalue weighted by molar-refractivity contribution is 5.92. The first-order valence-electron chi connectivity index (χ1n) is 8.49. The fourth-order valence-electron chi connectivity index (χ4n) is 2.78. The van der Waals surface area contributed by atoms with E-state index in [0.717, 1.165) is 24.2 Å². The molecule has 5 nitrogen and oxygen atoms in total. The maximum atomic E-state index is 12.8. The Labute approximate surface area is 144 Å². The van der Waals surface area contributed by atoms with E-state index in [1.807, 2.05) is 39.3 Å². The molecule has 0 saturated heterocycles. The Morgan fingerprint density at radius 3 is 2.54 bits per heavy atom. The zero-order chi connectivity index (χ0) is 17.9. The number of aryl methyl sites for hydroxylation is 2. The monoisotopic (exact) mass is 328 g/mol. The molecule has 0 aliphatic heterocycles. The molecule has 0 aromatic carbocycles. The van der Waals surface area contributed by atoms with Crippen molar-refractivity contribution in [1.29, 1.82) is 0 Å². The number of carbonyl (C=O) groups excluding carboxylic acids is 1. The third-order valence-electron chi connectivity index (χ3n) is 4.23. The van der Waals surface area contributed by atoms with Crippen LogP contribution in [0.3, 0.4) is 0 Å². The lowest BCUT2D eigenvalue weighted by molar-refractivity contribution is 0.0732. The van der Waals surface area contributed by atoms with E-state index >= 15 is 0 Å². The summed E-state index contributed by atoms with van der Waals surface area (Å²) in [5.74, 6) is 0.520. The molecule has 5 heteroatoms. The summed E-state index contributed by atoms with van der Waals surface area (Å²) in [6.45, 7) is 8.41. The standard InChI is InChI=1S/C19H28N4O/c1-13(2)9-17-12-18(23(6)21-17)19(24)22(5)15(4)11-16-10-14(3)7-8-20-16/h7-8,10,12-13,15H,9,11H2,1-6H3. The van der Waals surface area contributed by atoms with Crippen LogP contribution in [0, 0.1) is 12.8 Å². The average Bonchev–Trinajstić information content (AvgIpc) is 2.85. The van der Waals surface area contributed by atoms with Crippen molar-refractivity contribution >= 4 is 5.91 Å². The first-order chi connectivity index (χ1) is 11.3. The van der Waals surface area contributed by atoms with E-state index in [-0.39, 0.29) is 11.9 Å². The van der Waals surface area contributed by atoms with Gasteiger partial charge in [0.1, 0.15) is 5.69 Å². The topological polar surface area (TPSA) is 51.0 Å². The zero-order valence-electron chi connectivity index (χ0n) is 15.6. The summed E-state index contributed by atoms with van der Waals surface area (Å²) in [5.41, 5.74) is 3.80. The molecule has 2 aromatic heterocycles. The normalized spacial score (nSPS) is 12.5. The van der Waals surface area contributed by atoms with Gasteiger partial charge in [-0.3, -0.25) is 14.5 Å². The fourth-order valence-corrected chi connectivity index (χ4v) is 2.78. The van der Waals surface area contributed by atoms with Gasteiger partial charge in [0.05, 0.1) is 5.69 Å². The number of rotatable bonds is 6. The lowest BCUT2D eigenvalue weighted by Gasteiger charge is -2.24. The molecule has 2 rings (SSSR count).